The van der Waals surface area contributed by atoms with Gasteiger partial charge in [-0.3, -0.25) is 9.58 Å². The zero-order valence-electron chi connectivity index (χ0n) is 17.3. The molecular weight excluding hydrogens is 350 g/mol. The molecule has 0 bridgehead atoms. The minimum atomic E-state index is 0.642. The summed E-state index contributed by atoms with van der Waals surface area (Å²) in [5, 5.41) is 4.87. The highest BCUT2D eigenvalue weighted by Gasteiger charge is 2.27. The first-order valence-corrected chi connectivity index (χ1v) is 10.4. The molecule has 1 aromatic carbocycles. The Labute approximate surface area is 165 Å². The molecule has 0 saturated carbocycles. The summed E-state index contributed by atoms with van der Waals surface area (Å²) in [6.45, 7) is 13.5. The molecule has 6 heteroatoms. The molecular formula is C22H29N5O. The first-order chi connectivity index (χ1) is 13.5. The van der Waals surface area contributed by atoms with E-state index >= 15 is 0 Å². The van der Waals surface area contributed by atoms with E-state index in [2.05, 4.69) is 48.3 Å². The average Bonchev–Trinajstić information content (AvgIpc) is 3.35. The molecule has 28 heavy (non-hydrogen) atoms. The van der Waals surface area contributed by atoms with Crippen molar-refractivity contribution in [2.45, 2.75) is 59.7 Å². The minimum absolute atomic E-state index is 0.642. The molecule has 3 aromatic rings. The molecule has 2 aromatic heterocycles. The van der Waals surface area contributed by atoms with Crippen LogP contribution in [0, 0.1) is 27.7 Å². The lowest BCUT2D eigenvalue weighted by molar-refractivity contribution is 0.0233. The van der Waals surface area contributed by atoms with Gasteiger partial charge in [0.15, 0.2) is 5.82 Å². The summed E-state index contributed by atoms with van der Waals surface area (Å²) < 4.78 is 7.69. The van der Waals surface area contributed by atoms with Crippen molar-refractivity contribution in [1.29, 1.82) is 0 Å². The van der Waals surface area contributed by atoms with Gasteiger partial charge in [-0.1, -0.05) is 0 Å². The largest absolute Gasteiger partial charge is 0.381 e. The molecule has 0 amide bonds. The topological polar surface area (TPSA) is 59.0 Å². The van der Waals surface area contributed by atoms with Gasteiger partial charge in [-0.05, 0) is 68.9 Å². The third-order valence-electron chi connectivity index (χ3n) is 6.90. The maximum Gasteiger partial charge on any atom is 0.159 e. The van der Waals surface area contributed by atoms with Crippen molar-refractivity contribution < 1.29 is 4.74 Å². The standard InChI is InChI=1S/C22H29N5O/c1-13-14(2)16(4)21-20(15(13)3)23-22(24-21)19-11-18-12-26(7-8-27(18)25-19)17-5-9-28-10-6-17/h11,17H,5-10,12H2,1-4H3,(H,23,24). The van der Waals surface area contributed by atoms with Gasteiger partial charge in [0, 0.05) is 32.3 Å². The quantitative estimate of drug-likeness (QED) is 0.738. The van der Waals surface area contributed by atoms with E-state index < -0.39 is 0 Å². The second-order valence-electron chi connectivity index (χ2n) is 8.37. The Bertz CT molecular complexity index is 996. The van der Waals surface area contributed by atoms with Crippen LogP contribution in [-0.2, 0) is 17.8 Å². The van der Waals surface area contributed by atoms with Crippen molar-refractivity contribution in [1.82, 2.24) is 24.6 Å². The normalized spacial score (nSPS) is 18.7. The molecule has 6 nitrogen and oxygen atoms in total. The van der Waals surface area contributed by atoms with E-state index in [-0.39, 0.29) is 0 Å². The van der Waals surface area contributed by atoms with Crippen molar-refractivity contribution in [2.24, 2.45) is 0 Å². The molecule has 5 rings (SSSR count). The second-order valence-corrected chi connectivity index (χ2v) is 8.37. The van der Waals surface area contributed by atoms with Gasteiger partial charge >= 0.3 is 0 Å². The number of nitrogens with zero attached hydrogens (tertiary/aromatic N) is 4. The van der Waals surface area contributed by atoms with Gasteiger partial charge in [0.25, 0.3) is 0 Å². The summed E-state index contributed by atoms with van der Waals surface area (Å²) in [4.78, 5) is 11.1. The molecule has 4 heterocycles. The summed E-state index contributed by atoms with van der Waals surface area (Å²) in [5.41, 5.74) is 9.68. The van der Waals surface area contributed by atoms with Crippen molar-refractivity contribution >= 4 is 11.0 Å². The van der Waals surface area contributed by atoms with Crippen LogP contribution in [0.15, 0.2) is 6.07 Å². The van der Waals surface area contributed by atoms with Gasteiger partial charge in [0.1, 0.15) is 5.69 Å². The number of H-pyrrole nitrogens is 1. The number of benzene rings is 1. The second kappa shape index (κ2) is 6.71. The first-order valence-electron chi connectivity index (χ1n) is 10.4. The van der Waals surface area contributed by atoms with E-state index in [0.29, 0.717) is 6.04 Å². The molecule has 1 fully saturated rings. The fourth-order valence-electron chi connectivity index (χ4n) is 4.73. The number of nitrogens with one attached hydrogen (secondary N) is 1. The third-order valence-corrected chi connectivity index (χ3v) is 6.90. The van der Waals surface area contributed by atoms with Crippen LogP contribution in [0.5, 0.6) is 0 Å². The van der Waals surface area contributed by atoms with Crippen LogP contribution >= 0.6 is 0 Å². The molecule has 148 valence electrons. The number of rotatable bonds is 2. The Morgan fingerprint density at radius 1 is 1.00 bits per heavy atom. The molecule has 1 saturated heterocycles. The number of fused-ring (bicyclic) bond motifs is 2. The van der Waals surface area contributed by atoms with Crippen LogP contribution in [0.4, 0.5) is 0 Å². The highest BCUT2D eigenvalue weighted by Crippen LogP contribution is 2.30. The predicted molar refractivity (Wildman–Crippen MR) is 111 cm³/mol. The van der Waals surface area contributed by atoms with Gasteiger partial charge in [-0.25, -0.2) is 4.98 Å². The van der Waals surface area contributed by atoms with E-state index in [4.69, 9.17) is 14.8 Å². The van der Waals surface area contributed by atoms with Crippen LogP contribution < -0.4 is 0 Å². The number of aryl methyl sites for hydroxylation is 2. The molecule has 0 spiro atoms. The van der Waals surface area contributed by atoms with E-state index in [9.17, 15) is 0 Å². The first kappa shape index (κ1) is 17.9. The molecule has 2 aliphatic heterocycles. The summed E-state index contributed by atoms with van der Waals surface area (Å²) in [6, 6.07) is 2.86. The Morgan fingerprint density at radius 2 is 1.75 bits per heavy atom. The van der Waals surface area contributed by atoms with Gasteiger partial charge in [0.2, 0.25) is 0 Å². The van der Waals surface area contributed by atoms with E-state index in [1.807, 2.05) is 0 Å². The zero-order valence-corrected chi connectivity index (χ0v) is 17.3. The van der Waals surface area contributed by atoms with Crippen molar-refractivity contribution in [2.75, 3.05) is 19.8 Å². The molecule has 0 aliphatic carbocycles. The van der Waals surface area contributed by atoms with Gasteiger partial charge in [-0.2, -0.15) is 5.10 Å². The number of hydrogen-bond acceptors (Lipinski definition) is 4. The fourth-order valence-corrected chi connectivity index (χ4v) is 4.73. The van der Waals surface area contributed by atoms with Crippen molar-refractivity contribution in [3.05, 3.63) is 34.0 Å². The fraction of sp³-hybridized carbons (Fsp3) is 0.545. The van der Waals surface area contributed by atoms with Crippen LogP contribution in [0.2, 0.25) is 0 Å². The maximum absolute atomic E-state index is 5.53. The third kappa shape index (κ3) is 2.78. The van der Waals surface area contributed by atoms with Crippen LogP contribution in [0.3, 0.4) is 0 Å². The molecule has 2 aliphatic rings. The molecule has 0 atom stereocenters. The Balaban J connectivity index is 1.48. The molecule has 1 N–H and O–H groups in total. The minimum Gasteiger partial charge on any atom is -0.381 e. The summed E-state index contributed by atoms with van der Waals surface area (Å²) >= 11 is 0. The van der Waals surface area contributed by atoms with Gasteiger partial charge in [0.05, 0.1) is 23.3 Å². The molecule has 0 unspecified atom stereocenters. The smallest absolute Gasteiger partial charge is 0.159 e. The summed E-state index contributed by atoms with van der Waals surface area (Å²) in [7, 11) is 0. The van der Waals surface area contributed by atoms with Crippen LogP contribution in [0.25, 0.3) is 22.6 Å². The average molecular weight is 380 g/mol. The van der Waals surface area contributed by atoms with Crippen molar-refractivity contribution in [3.8, 4) is 11.5 Å². The number of aromatic nitrogens is 4. The summed E-state index contributed by atoms with van der Waals surface area (Å²) in [6.07, 6.45) is 2.28. The Kier molecular flexibility index (Phi) is 4.29. The number of ether oxygens (including phenoxy) is 1. The Morgan fingerprint density at radius 3 is 2.54 bits per heavy atom. The SMILES string of the molecule is Cc1c(C)c(C)c2[nH]c(-c3cc4n(n3)CCN(C3CCOCC3)C4)nc2c1C. The molecule has 0 radical (unpaired) electrons. The predicted octanol–water partition coefficient (Wildman–Crippen LogP) is 3.65. The maximum atomic E-state index is 5.53. The lowest BCUT2D eigenvalue weighted by atomic mass is 9.98. The van der Waals surface area contributed by atoms with Crippen LogP contribution in [-0.4, -0.2) is 50.4 Å². The van der Waals surface area contributed by atoms with E-state index in [1.165, 1.54) is 27.9 Å². The number of hydrogen-bond donors (Lipinski definition) is 1. The van der Waals surface area contributed by atoms with Gasteiger partial charge < -0.3 is 9.72 Å². The highest BCUT2D eigenvalue weighted by atomic mass is 16.5. The highest BCUT2D eigenvalue weighted by molar-refractivity contribution is 5.87. The lowest BCUT2D eigenvalue weighted by Crippen LogP contribution is -2.43. The van der Waals surface area contributed by atoms with Crippen molar-refractivity contribution in [3.63, 3.8) is 0 Å². The number of aromatic amines is 1. The van der Waals surface area contributed by atoms with E-state index in [0.717, 1.165) is 68.2 Å². The van der Waals surface area contributed by atoms with Crippen LogP contribution in [0.1, 0.15) is 40.8 Å². The summed E-state index contributed by atoms with van der Waals surface area (Å²) in [5.74, 6) is 0.880. The lowest BCUT2D eigenvalue weighted by Gasteiger charge is -2.36. The zero-order chi connectivity index (χ0) is 19.4. The van der Waals surface area contributed by atoms with Gasteiger partial charge in [-0.15, -0.1) is 0 Å². The Hall–Kier alpha value is -2.18. The van der Waals surface area contributed by atoms with E-state index in [1.54, 1.807) is 0 Å². The monoisotopic (exact) mass is 379 g/mol. The number of imidazole rings is 1.